The first-order valence-electron chi connectivity index (χ1n) is 14.1. The highest BCUT2D eigenvalue weighted by Gasteiger charge is 2.26. The molecule has 2 aliphatic rings. The second kappa shape index (κ2) is 12.2. The predicted octanol–water partition coefficient (Wildman–Crippen LogP) is 4.22. The van der Waals surface area contributed by atoms with Gasteiger partial charge in [0.25, 0.3) is 5.91 Å². The summed E-state index contributed by atoms with van der Waals surface area (Å²) >= 11 is 1.32. The number of amides is 2. The number of carbonyl (C=O) groups excluding carboxylic acids is 2. The van der Waals surface area contributed by atoms with Crippen molar-refractivity contribution in [2.45, 2.75) is 44.7 Å². The van der Waals surface area contributed by atoms with Crippen LogP contribution in [0.25, 0.3) is 11.0 Å². The van der Waals surface area contributed by atoms with Gasteiger partial charge in [0.15, 0.2) is 11.5 Å². The van der Waals surface area contributed by atoms with Crippen molar-refractivity contribution in [1.82, 2.24) is 35.2 Å². The third-order valence-corrected chi connectivity index (χ3v) is 8.17. The minimum absolute atomic E-state index is 0.0406. The molecule has 1 saturated heterocycles. The smallest absolute Gasteiger partial charge is 0.257 e. The number of likely N-dealkylation sites (tertiary alicyclic amines) is 1. The summed E-state index contributed by atoms with van der Waals surface area (Å²) in [6.45, 7) is 3.95. The maximum Gasteiger partial charge on any atom is 0.257 e. The molecule has 0 spiro atoms. The van der Waals surface area contributed by atoms with Crippen molar-refractivity contribution in [2.24, 2.45) is 0 Å². The van der Waals surface area contributed by atoms with Crippen LogP contribution in [0.1, 0.15) is 41.0 Å². The second-order valence-electron chi connectivity index (χ2n) is 10.7. The molecule has 0 unspecified atom stereocenters. The summed E-state index contributed by atoms with van der Waals surface area (Å²) in [4.78, 5) is 34.0. The molecule has 13 heteroatoms. The van der Waals surface area contributed by atoms with E-state index < -0.39 is 0 Å². The average Bonchev–Trinajstić information content (AvgIpc) is 3.66. The van der Waals surface area contributed by atoms with Gasteiger partial charge in [0.1, 0.15) is 21.9 Å². The van der Waals surface area contributed by atoms with Crippen LogP contribution in [0.15, 0.2) is 48.7 Å². The molecule has 0 radical (unpaired) electrons. The summed E-state index contributed by atoms with van der Waals surface area (Å²) in [5.41, 5.74) is 1.06. The number of piperidine rings is 1. The Morgan fingerprint density at radius 1 is 1.19 bits per heavy atom. The Labute approximate surface area is 247 Å². The zero-order valence-corrected chi connectivity index (χ0v) is 24.4. The van der Waals surface area contributed by atoms with Gasteiger partial charge in [-0.15, -0.1) is 10.2 Å². The Hall–Kier alpha value is -4.36. The first-order valence-corrected chi connectivity index (χ1v) is 14.9. The number of anilines is 2. The maximum atomic E-state index is 12.9. The van der Waals surface area contributed by atoms with Crippen LogP contribution in [0.4, 0.5) is 10.9 Å². The van der Waals surface area contributed by atoms with Gasteiger partial charge in [0.2, 0.25) is 11.0 Å². The van der Waals surface area contributed by atoms with E-state index in [0.717, 1.165) is 36.3 Å². The number of aromatic amines is 1. The molecular weight excluding hydrogens is 554 g/mol. The number of benzene rings is 1. The number of pyridine rings is 1. The number of ether oxygens (including phenoxy) is 1. The van der Waals surface area contributed by atoms with E-state index in [2.05, 4.69) is 48.0 Å². The first-order chi connectivity index (χ1) is 20.4. The van der Waals surface area contributed by atoms with Gasteiger partial charge in [-0.05, 0) is 63.9 Å². The quantitative estimate of drug-likeness (QED) is 0.233. The van der Waals surface area contributed by atoms with E-state index in [1.54, 1.807) is 42.6 Å². The molecule has 3 N–H and O–H groups in total. The molecule has 4 aromatic rings. The Kier molecular flexibility index (Phi) is 8.11. The van der Waals surface area contributed by atoms with Crippen molar-refractivity contribution in [3.05, 3.63) is 59.3 Å². The molecule has 42 heavy (non-hydrogen) atoms. The highest BCUT2D eigenvalue weighted by atomic mass is 32.1. The van der Waals surface area contributed by atoms with Gasteiger partial charge in [0, 0.05) is 55.6 Å². The number of hydrogen-bond acceptors (Lipinski definition) is 10. The maximum absolute atomic E-state index is 12.9. The minimum Gasteiger partial charge on any atom is -0.456 e. The van der Waals surface area contributed by atoms with Crippen LogP contribution in [0.2, 0.25) is 0 Å². The zero-order chi connectivity index (χ0) is 29.1. The summed E-state index contributed by atoms with van der Waals surface area (Å²) in [6, 6.07) is 9.35. The number of rotatable bonds is 10. The topological polar surface area (TPSA) is 141 Å². The zero-order valence-electron chi connectivity index (χ0n) is 23.5. The van der Waals surface area contributed by atoms with Gasteiger partial charge in [-0.1, -0.05) is 17.4 Å². The average molecular weight is 588 g/mol. The monoisotopic (exact) mass is 587 g/mol. The highest BCUT2D eigenvalue weighted by Crippen LogP contribution is 2.34. The standard InChI is InChI=1S/C29H33N9O3S/c1-18-33-36-29(42-18)32-28(40)19-7-11-22(12-8-19)41-23-13-14-30-26-25(23)27(35-34-26)31-20-5-3-16-38(17-20)24(39)6-4-15-37(2)21-9-10-21/h4,6-8,11-14,20-21H,3,5,9-10,15-17H2,1-2H3,(H,32,36,40)(H2,30,31,34,35)/t20-/m1/s1. The minimum atomic E-state index is -0.272. The molecule has 1 saturated carbocycles. The molecule has 12 nitrogen and oxygen atoms in total. The summed E-state index contributed by atoms with van der Waals surface area (Å²) in [5.74, 6) is 1.53. The van der Waals surface area contributed by atoms with Crippen LogP contribution in [0.3, 0.4) is 0 Å². The lowest BCUT2D eigenvalue weighted by atomic mass is 10.1. The van der Waals surface area contributed by atoms with Crippen LogP contribution in [0, 0.1) is 6.92 Å². The van der Waals surface area contributed by atoms with Crippen molar-refractivity contribution in [3.63, 3.8) is 0 Å². The Balaban J connectivity index is 1.10. The van der Waals surface area contributed by atoms with Gasteiger partial charge < -0.3 is 15.0 Å². The molecule has 1 aromatic carbocycles. The number of carbonyl (C=O) groups is 2. The number of likely N-dealkylation sites (N-methyl/N-ethyl adjacent to an activating group) is 1. The number of hydrogen-bond donors (Lipinski definition) is 3. The molecule has 218 valence electrons. The fourth-order valence-corrected chi connectivity index (χ4v) is 5.59. The van der Waals surface area contributed by atoms with Crippen molar-refractivity contribution < 1.29 is 14.3 Å². The fraction of sp³-hybridized carbons (Fsp3) is 0.379. The van der Waals surface area contributed by atoms with Crippen LogP contribution in [0.5, 0.6) is 11.5 Å². The molecule has 1 aliphatic heterocycles. The first kappa shape index (κ1) is 27.8. The summed E-state index contributed by atoms with van der Waals surface area (Å²) in [5, 5.41) is 23.5. The van der Waals surface area contributed by atoms with Crippen molar-refractivity contribution in [1.29, 1.82) is 0 Å². The summed E-state index contributed by atoms with van der Waals surface area (Å²) in [6.07, 6.45) is 9.64. The third-order valence-electron chi connectivity index (χ3n) is 7.41. The van der Waals surface area contributed by atoms with E-state index in [-0.39, 0.29) is 17.9 Å². The molecule has 1 aliphatic carbocycles. The SMILES string of the molecule is Cc1nnc(NC(=O)c2ccc(Oc3ccnc4[nH]nc(N[C@@H]5CCCN(C(=O)C=CCN(C)C6CC6)C5)c34)cc2)s1. The number of H-pyrrole nitrogens is 1. The van der Waals surface area contributed by atoms with Crippen molar-refractivity contribution in [3.8, 4) is 11.5 Å². The Bertz CT molecular complexity index is 1600. The van der Waals surface area contributed by atoms with Crippen molar-refractivity contribution >= 4 is 45.1 Å². The van der Waals surface area contributed by atoms with Crippen LogP contribution in [-0.2, 0) is 4.79 Å². The fourth-order valence-electron chi connectivity index (χ4n) is 5.01. The molecule has 2 fully saturated rings. The molecule has 4 heterocycles. The number of aromatic nitrogens is 5. The van der Waals surface area contributed by atoms with Gasteiger partial charge in [-0.3, -0.25) is 24.9 Å². The van der Waals surface area contributed by atoms with E-state index >= 15 is 0 Å². The van der Waals surface area contributed by atoms with Gasteiger partial charge in [-0.25, -0.2) is 4.98 Å². The lowest BCUT2D eigenvalue weighted by Crippen LogP contribution is -2.44. The van der Waals surface area contributed by atoms with Crippen LogP contribution in [-0.4, -0.2) is 85.8 Å². The van der Waals surface area contributed by atoms with Crippen LogP contribution >= 0.6 is 11.3 Å². The number of fused-ring (bicyclic) bond motifs is 1. The number of nitrogens with zero attached hydrogens (tertiary/aromatic N) is 6. The normalized spacial score (nSPS) is 17.2. The van der Waals surface area contributed by atoms with Gasteiger partial charge >= 0.3 is 0 Å². The van der Waals surface area contributed by atoms with E-state index in [9.17, 15) is 9.59 Å². The third kappa shape index (κ3) is 6.58. The Morgan fingerprint density at radius 2 is 2.02 bits per heavy atom. The molecule has 1 atom stereocenters. The van der Waals surface area contributed by atoms with Gasteiger partial charge in [-0.2, -0.15) is 5.10 Å². The number of nitrogens with one attached hydrogen (secondary N) is 3. The molecule has 0 bridgehead atoms. The van der Waals surface area contributed by atoms with E-state index in [0.29, 0.717) is 46.2 Å². The molecular formula is C29H33N9O3S. The molecule has 3 aromatic heterocycles. The van der Waals surface area contributed by atoms with E-state index in [1.165, 1.54) is 24.2 Å². The van der Waals surface area contributed by atoms with Crippen LogP contribution < -0.4 is 15.4 Å². The lowest BCUT2D eigenvalue weighted by molar-refractivity contribution is -0.127. The summed E-state index contributed by atoms with van der Waals surface area (Å²) < 4.78 is 6.21. The second-order valence-corrected chi connectivity index (χ2v) is 11.8. The summed E-state index contributed by atoms with van der Waals surface area (Å²) in [7, 11) is 2.10. The highest BCUT2D eigenvalue weighted by molar-refractivity contribution is 7.15. The molecule has 2 amide bonds. The number of aryl methyl sites for hydroxylation is 1. The largest absolute Gasteiger partial charge is 0.456 e. The van der Waals surface area contributed by atoms with E-state index in [4.69, 9.17) is 4.74 Å². The van der Waals surface area contributed by atoms with Crippen molar-refractivity contribution in [2.75, 3.05) is 37.3 Å². The lowest BCUT2D eigenvalue weighted by Gasteiger charge is -2.32. The van der Waals surface area contributed by atoms with E-state index in [1.807, 2.05) is 17.9 Å². The van der Waals surface area contributed by atoms with Gasteiger partial charge in [0.05, 0.1) is 0 Å². The Morgan fingerprint density at radius 3 is 2.79 bits per heavy atom. The molecule has 6 rings (SSSR count). The predicted molar refractivity (Wildman–Crippen MR) is 161 cm³/mol.